The van der Waals surface area contributed by atoms with Crippen LogP contribution in [0.25, 0.3) is 10.9 Å². The average molecular weight is 707 g/mol. The third-order valence-corrected chi connectivity index (χ3v) is 10.8. The number of likely N-dealkylation sites (tertiary alicyclic amines) is 1. The number of β-amino-alcohol motifs (C(OH)–C–C–N with tert-alkyl or cyclic N) is 1. The number of phenols is 1. The summed E-state index contributed by atoms with van der Waals surface area (Å²) in [6, 6.07) is 5.78. The number of aliphatic hydroxyl groups is 1. The second-order valence-corrected chi connectivity index (χ2v) is 14.8. The van der Waals surface area contributed by atoms with E-state index in [2.05, 4.69) is 10.3 Å². The standard InChI is InChI=1S/C33H34N6O10S/c1-14(40)37-13-19(42)12-22(37)27(44)35-17-6-9-21-16(10-17)11-20(26(43)36-21)28(45)38(29(46)23(34)15-4-7-18(41)8-5-15)24-30(47)39-25(32(48)49)33(2,3)50-31(24)39/h4-11,19,22-25,31,41-42H,12-13,34H2,1-3H3,(H,35,44)(H,36,43)(H,48,49)/t19?,22?,23?,24-,25+,31-/m1/s1. The number of hydrogen-bond acceptors (Lipinski definition) is 11. The molecule has 1 aromatic heterocycles. The van der Waals surface area contributed by atoms with E-state index in [4.69, 9.17) is 5.73 Å². The van der Waals surface area contributed by atoms with Crippen LogP contribution < -0.4 is 16.6 Å². The van der Waals surface area contributed by atoms with E-state index in [0.29, 0.717) is 4.90 Å². The van der Waals surface area contributed by atoms with Gasteiger partial charge in [-0.05, 0) is 55.8 Å². The Hall–Kier alpha value is -5.26. The summed E-state index contributed by atoms with van der Waals surface area (Å²) in [5.74, 6) is -5.30. The molecule has 3 saturated heterocycles. The van der Waals surface area contributed by atoms with Gasteiger partial charge in [-0.15, -0.1) is 11.8 Å². The third-order valence-electron chi connectivity index (χ3n) is 9.23. The number of nitrogens with two attached hydrogens (primary N) is 1. The Kier molecular flexibility index (Phi) is 8.69. The van der Waals surface area contributed by atoms with E-state index in [1.54, 1.807) is 13.8 Å². The van der Waals surface area contributed by atoms with E-state index in [-0.39, 0.29) is 46.8 Å². The summed E-state index contributed by atoms with van der Waals surface area (Å²) in [6.07, 6.45) is -0.821. The third kappa shape index (κ3) is 5.86. The molecule has 7 N–H and O–H groups in total. The van der Waals surface area contributed by atoms with Gasteiger partial charge in [-0.3, -0.25) is 33.7 Å². The van der Waals surface area contributed by atoms with Crippen LogP contribution in [0.5, 0.6) is 5.75 Å². The fraction of sp³-hybridized carbons (Fsp3) is 0.364. The minimum Gasteiger partial charge on any atom is -0.508 e. The number of phenolic OH excluding ortho intramolecular Hbond substituents is 1. The van der Waals surface area contributed by atoms with Gasteiger partial charge in [-0.1, -0.05) is 12.1 Å². The number of pyridine rings is 1. The largest absolute Gasteiger partial charge is 0.508 e. The number of anilines is 1. The molecule has 5 amide bonds. The Morgan fingerprint density at radius 3 is 2.40 bits per heavy atom. The quantitative estimate of drug-likeness (QED) is 0.182. The van der Waals surface area contributed by atoms with Crippen LogP contribution in [-0.2, 0) is 24.0 Å². The summed E-state index contributed by atoms with van der Waals surface area (Å²) in [5, 5.41) is 31.7. The molecule has 4 heterocycles. The molecule has 0 radical (unpaired) electrons. The summed E-state index contributed by atoms with van der Waals surface area (Å²) in [7, 11) is 0. The van der Waals surface area contributed by atoms with Crippen LogP contribution in [0.15, 0.2) is 53.3 Å². The number of carboxylic acid groups (broad SMARTS) is 1. The van der Waals surface area contributed by atoms with Crippen LogP contribution in [0.2, 0.25) is 0 Å². The van der Waals surface area contributed by atoms with Crippen molar-refractivity contribution < 1.29 is 44.1 Å². The van der Waals surface area contributed by atoms with Crippen molar-refractivity contribution in [3.63, 3.8) is 0 Å². The molecule has 50 heavy (non-hydrogen) atoms. The van der Waals surface area contributed by atoms with Gasteiger partial charge in [0.1, 0.15) is 40.9 Å². The number of β-lactam (4-membered cyclic amide) rings is 1. The van der Waals surface area contributed by atoms with E-state index in [0.717, 1.165) is 16.7 Å². The fourth-order valence-corrected chi connectivity index (χ4v) is 8.45. The number of aliphatic carboxylic acids is 1. The maximum absolute atomic E-state index is 14.3. The molecule has 6 atom stereocenters. The van der Waals surface area contributed by atoms with Gasteiger partial charge in [-0.2, -0.15) is 0 Å². The maximum Gasteiger partial charge on any atom is 0.327 e. The Balaban J connectivity index is 1.36. The number of thioether (sulfide) groups is 1. The zero-order valence-corrected chi connectivity index (χ0v) is 27.8. The topological polar surface area (TPSA) is 244 Å². The first-order valence-electron chi connectivity index (χ1n) is 15.6. The molecule has 17 heteroatoms. The predicted octanol–water partition coefficient (Wildman–Crippen LogP) is 0.338. The number of nitrogens with zero attached hydrogens (tertiary/aromatic N) is 3. The number of carboxylic acids is 1. The number of fused-ring (bicyclic) bond motifs is 2. The van der Waals surface area contributed by atoms with Crippen LogP contribution in [0.1, 0.15) is 49.2 Å². The molecule has 3 unspecified atom stereocenters. The Morgan fingerprint density at radius 1 is 1.08 bits per heavy atom. The van der Waals surface area contributed by atoms with E-state index >= 15 is 0 Å². The highest BCUT2D eigenvalue weighted by molar-refractivity contribution is 8.01. The molecule has 0 aliphatic carbocycles. The molecule has 0 spiro atoms. The Labute approximate surface area is 288 Å². The summed E-state index contributed by atoms with van der Waals surface area (Å²) in [4.78, 5) is 98.2. The molecule has 3 fully saturated rings. The van der Waals surface area contributed by atoms with Gasteiger partial charge >= 0.3 is 5.97 Å². The smallest absolute Gasteiger partial charge is 0.327 e. The number of H-pyrrole nitrogens is 1. The van der Waals surface area contributed by atoms with Crippen LogP contribution in [-0.4, -0.2) is 111 Å². The summed E-state index contributed by atoms with van der Waals surface area (Å²) in [6.45, 7) is 4.57. The van der Waals surface area contributed by atoms with Crippen molar-refractivity contribution in [3.05, 3.63) is 70.0 Å². The lowest BCUT2D eigenvalue weighted by molar-refractivity contribution is -0.166. The zero-order chi connectivity index (χ0) is 36.4. The number of imide groups is 1. The van der Waals surface area contributed by atoms with Crippen LogP contribution in [0.3, 0.4) is 0 Å². The molecule has 6 rings (SSSR count). The average Bonchev–Trinajstić information content (AvgIpc) is 3.57. The number of rotatable bonds is 7. The maximum atomic E-state index is 14.3. The first kappa shape index (κ1) is 34.6. The van der Waals surface area contributed by atoms with Gasteiger partial charge in [0.15, 0.2) is 0 Å². The lowest BCUT2D eigenvalue weighted by atomic mass is 9.94. The molecule has 16 nitrogen and oxygen atoms in total. The van der Waals surface area contributed by atoms with Gasteiger partial charge < -0.3 is 41.2 Å². The zero-order valence-electron chi connectivity index (χ0n) is 27.0. The minimum atomic E-state index is -1.51. The molecule has 0 saturated carbocycles. The van der Waals surface area contributed by atoms with Crippen molar-refractivity contribution in [2.45, 2.75) is 67.6 Å². The fourth-order valence-electron chi connectivity index (χ4n) is 6.78. The van der Waals surface area contributed by atoms with Crippen molar-refractivity contribution in [1.82, 2.24) is 19.7 Å². The first-order valence-corrected chi connectivity index (χ1v) is 16.5. The lowest BCUT2D eigenvalue weighted by Crippen LogP contribution is -2.72. The van der Waals surface area contributed by atoms with E-state index in [1.807, 2.05) is 0 Å². The number of aromatic amines is 1. The second-order valence-electron chi connectivity index (χ2n) is 13.0. The molecular formula is C33H34N6O10S. The van der Waals surface area contributed by atoms with Crippen LogP contribution in [0, 0.1) is 0 Å². The molecule has 3 aliphatic heterocycles. The Morgan fingerprint density at radius 2 is 1.76 bits per heavy atom. The van der Waals surface area contributed by atoms with E-state index in [9.17, 15) is 48.9 Å². The molecule has 262 valence electrons. The summed E-state index contributed by atoms with van der Waals surface area (Å²) < 4.78 is -0.989. The molecular weight excluding hydrogens is 672 g/mol. The highest BCUT2D eigenvalue weighted by atomic mass is 32.2. The van der Waals surface area contributed by atoms with Crippen LogP contribution in [0.4, 0.5) is 5.69 Å². The SMILES string of the molecule is CC(=O)N1CC(O)CC1C(=O)Nc1ccc2[nH]c(=O)c(C(=O)N(C(=O)C(N)c3ccc(O)cc3)[C@@H]3C(=O)N4[C@@H]3SC(C)(C)[C@@H]4C(=O)O)cc2c1. The van der Waals surface area contributed by atoms with Crippen molar-refractivity contribution in [3.8, 4) is 5.75 Å². The van der Waals surface area contributed by atoms with Crippen molar-refractivity contribution in [2.75, 3.05) is 11.9 Å². The van der Waals surface area contributed by atoms with Crippen molar-refractivity contribution >= 4 is 63.9 Å². The highest BCUT2D eigenvalue weighted by Gasteiger charge is 2.67. The number of carbonyl (C=O) groups is 6. The van der Waals surface area contributed by atoms with Gasteiger partial charge in [0.2, 0.25) is 11.8 Å². The number of aliphatic hydroxyl groups excluding tert-OH is 1. The predicted molar refractivity (Wildman–Crippen MR) is 179 cm³/mol. The van der Waals surface area contributed by atoms with Crippen LogP contribution >= 0.6 is 11.8 Å². The van der Waals surface area contributed by atoms with E-state index in [1.165, 1.54) is 60.4 Å². The van der Waals surface area contributed by atoms with Crippen molar-refractivity contribution in [1.29, 1.82) is 0 Å². The van der Waals surface area contributed by atoms with Crippen molar-refractivity contribution in [2.24, 2.45) is 5.73 Å². The highest BCUT2D eigenvalue weighted by Crippen LogP contribution is 2.52. The molecule has 3 aromatic rings. The number of aromatic hydroxyl groups is 1. The summed E-state index contributed by atoms with van der Waals surface area (Å²) in [5.41, 5.74) is 5.59. The molecule has 2 aromatic carbocycles. The van der Waals surface area contributed by atoms with Gasteiger partial charge in [0.25, 0.3) is 23.3 Å². The number of nitrogens with one attached hydrogen (secondary N) is 2. The minimum absolute atomic E-state index is 0.0125. The normalized spacial score (nSPS) is 24.3. The number of amides is 5. The van der Waals surface area contributed by atoms with Gasteiger partial charge in [0.05, 0.1) is 6.10 Å². The monoisotopic (exact) mass is 706 g/mol. The number of benzene rings is 2. The first-order chi connectivity index (χ1) is 23.5. The second kappa shape index (κ2) is 12.6. The number of carbonyl (C=O) groups excluding carboxylic acids is 5. The molecule has 0 bridgehead atoms. The summed E-state index contributed by atoms with van der Waals surface area (Å²) >= 11 is 1.10. The van der Waals surface area contributed by atoms with E-state index < -0.39 is 81.1 Å². The lowest BCUT2D eigenvalue weighted by Gasteiger charge is -2.47. The number of aromatic nitrogens is 1. The molecule has 3 aliphatic rings. The van der Waals surface area contributed by atoms with Gasteiger partial charge in [-0.25, -0.2) is 4.79 Å². The Bertz CT molecular complexity index is 2020. The number of hydrogen-bond donors (Lipinski definition) is 6. The van der Waals surface area contributed by atoms with Gasteiger partial charge in [0, 0.05) is 41.2 Å².